The first-order valence-electron chi connectivity index (χ1n) is 6.82. The molecule has 0 radical (unpaired) electrons. The fraction of sp³-hybridized carbons (Fsp3) is 0.667. The van der Waals surface area contributed by atoms with Crippen LogP contribution in [-0.2, 0) is 0 Å². The molecule has 2 nitrogen and oxygen atoms in total. The first kappa shape index (κ1) is 14.0. The van der Waals surface area contributed by atoms with Crippen molar-refractivity contribution in [3.8, 4) is 0 Å². The summed E-state index contributed by atoms with van der Waals surface area (Å²) in [5.74, 6) is 1.73. The average Bonchev–Trinajstić information content (AvgIpc) is 2.28. The van der Waals surface area contributed by atoms with Gasteiger partial charge in [0.2, 0.25) is 0 Å². The molecule has 96 valence electrons. The topological polar surface area (TPSA) is 16.1 Å². The van der Waals surface area contributed by atoms with Crippen LogP contribution >= 0.6 is 0 Å². The highest BCUT2D eigenvalue weighted by Gasteiger charge is 2.14. The number of nitrogens with zero attached hydrogens (tertiary/aromatic N) is 2. The molecule has 0 spiro atoms. The first-order valence-corrected chi connectivity index (χ1v) is 6.82. The van der Waals surface area contributed by atoms with Crippen molar-refractivity contribution >= 4 is 5.82 Å². The van der Waals surface area contributed by atoms with E-state index in [1.807, 2.05) is 0 Å². The lowest BCUT2D eigenvalue weighted by Crippen LogP contribution is -2.27. The molecule has 0 aromatic carbocycles. The standard InChI is InChI=1S/C15H26N2/c1-6-10-17(11-7-2)15-14(12(3)4)9-8-13(5)16-15/h8-9,12H,6-7,10-11H2,1-5H3. The van der Waals surface area contributed by atoms with E-state index < -0.39 is 0 Å². The number of hydrogen-bond donors (Lipinski definition) is 0. The molecule has 2 heteroatoms. The number of anilines is 1. The maximum Gasteiger partial charge on any atom is 0.132 e. The Hall–Kier alpha value is -1.05. The van der Waals surface area contributed by atoms with Gasteiger partial charge in [-0.05, 0) is 37.3 Å². The molecule has 1 rings (SSSR count). The fourth-order valence-corrected chi connectivity index (χ4v) is 2.12. The second kappa shape index (κ2) is 6.63. The monoisotopic (exact) mass is 234 g/mol. The van der Waals surface area contributed by atoms with Crippen molar-refractivity contribution in [2.75, 3.05) is 18.0 Å². The van der Waals surface area contributed by atoms with E-state index in [2.05, 4.69) is 51.7 Å². The number of aryl methyl sites for hydroxylation is 1. The third-order valence-corrected chi connectivity index (χ3v) is 2.95. The molecule has 0 aliphatic carbocycles. The predicted molar refractivity (Wildman–Crippen MR) is 75.9 cm³/mol. The van der Waals surface area contributed by atoms with Gasteiger partial charge in [0.25, 0.3) is 0 Å². The van der Waals surface area contributed by atoms with Gasteiger partial charge in [0, 0.05) is 18.8 Å². The Morgan fingerprint density at radius 1 is 1.12 bits per heavy atom. The summed E-state index contributed by atoms with van der Waals surface area (Å²) in [4.78, 5) is 7.19. The van der Waals surface area contributed by atoms with E-state index in [9.17, 15) is 0 Å². The highest BCUT2D eigenvalue weighted by atomic mass is 15.2. The molecule has 0 aliphatic heterocycles. The largest absolute Gasteiger partial charge is 0.356 e. The number of hydrogen-bond acceptors (Lipinski definition) is 2. The van der Waals surface area contributed by atoms with E-state index in [0.29, 0.717) is 5.92 Å². The molecule has 17 heavy (non-hydrogen) atoms. The molecule has 0 saturated heterocycles. The van der Waals surface area contributed by atoms with Crippen molar-refractivity contribution in [3.05, 3.63) is 23.4 Å². The van der Waals surface area contributed by atoms with Crippen molar-refractivity contribution in [1.29, 1.82) is 0 Å². The van der Waals surface area contributed by atoms with Gasteiger partial charge >= 0.3 is 0 Å². The number of pyridine rings is 1. The Morgan fingerprint density at radius 2 is 1.71 bits per heavy atom. The van der Waals surface area contributed by atoms with Gasteiger partial charge in [-0.15, -0.1) is 0 Å². The Morgan fingerprint density at radius 3 is 2.18 bits per heavy atom. The fourth-order valence-electron chi connectivity index (χ4n) is 2.12. The molecule has 0 atom stereocenters. The lowest BCUT2D eigenvalue weighted by Gasteiger charge is -2.26. The van der Waals surface area contributed by atoms with Crippen molar-refractivity contribution < 1.29 is 0 Å². The summed E-state index contributed by atoms with van der Waals surface area (Å²) in [6, 6.07) is 4.36. The summed E-state index contributed by atoms with van der Waals surface area (Å²) in [6.45, 7) is 13.2. The summed E-state index contributed by atoms with van der Waals surface area (Å²) in [6.07, 6.45) is 2.35. The van der Waals surface area contributed by atoms with Crippen LogP contribution in [0.1, 0.15) is 57.7 Å². The molecule has 0 saturated carbocycles. The molecule has 1 aromatic rings. The van der Waals surface area contributed by atoms with Gasteiger partial charge in [-0.2, -0.15) is 0 Å². The maximum absolute atomic E-state index is 4.76. The van der Waals surface area contributed by atoms with Crippen LogP contribution in [0.5, 0.6) is 0 Å². The second-order valence-corrected chi connectivity index (χ2v) is 5.01. The molecular formula is C15H26N2. The summed E-state index contributed by atoms with van der Waals surface area (Å²) in [5.41, 5.74) is 2.49. The maximum atomic E-state index is 4.76. The smallest absolute Gasteiger partial charge is 0.132 e. The Balaban J connectivity index is 3.09. The number of rotatable bonds is 6. The van der Waals surface area contributed by atoms with Gasteiger partial charge in [-0.25, -0.2) is 4.98 Å². The Bertz CT molecular complexity index is 339. The van der Waals surface area contributed by atoms with E-state index in [-0.39, 0.29) is 0 Å². The van der Waals surface area contributed by atoms with E-state index in [1.165, 1.54) is 24.2 Å². The van der Waals surface area contributed by atoms with Crippen LogP contribution in [0.3, 0.4) is 0 Å². The zero-order chi connectivity index (χ0) is 12.8. The minimum absolute atomic E-state index is 0.536. The Labute approximate surface area is 106 Å². The van der Waals surface area contributed by atoms with Gasteiger partial charge in [-0.1, -0.05) is 33.8 Å². The SMILES string of the molecule is CCCN(CCC)c1nc(C)ccc1C(C)C. The molecule has 1 aromatic heterocycles. The van der Waals surface area contributed by atoms with Crippen LogP contribution in [0.15, 0.2) is 12.1 Å². The molecular weight excluding hydrogens is 208 g/mol. The molecule has 0 fully saturated rings. The lowest BCUT2D eigenvalue weighted by molar-refractivity contribution is 0.718. The zero-order valence-corrected chi connectivity index (χ0v) is 12.0. The third-order valence-electron chi connectivity index (χ3n) is 2.95. The van der Waals surface area contributed by atoms with E-state index in [1.54, 1.807) is 0 Å². The molecule has 0 unspecified atom stereocenters. The van der Waals surface area contributed by atoms with Gasteiger partial charge in [0.05, 0.1) is 0 Å². The van der Waals surface area contributed by atoms with Gasteiger partial charge in [0.15, 0.2) is 0 Å². The van der Waals surface area contributed by atoms with Gasteiger partial charge in [-0.3, -0.25) is 0 Å². The molecule has 0 bridgehead atoms. The van der Waals surface area contributed by atoms with E-state index in [4.69, 9.17) is 4.98 Å². The average molecular weight is 234 g/mol. The summed E-state index contributed by atoms with van der Waals surface area (Å²) >= 11 is 0. The molecule has 0 amide bonds. The minimum Gasteiger partial charge on any atom is -0.356 e. The quantitative estimate of drug-likeness (QED) is 0.735. The minimum atomic E-state index is 0.536. The van der Waals surface area contributed by atoms with Crippen molar-refractivity contribution in [2.45, 2.75) is 53.4 Å². The van der Waals surface area contributed by atoms with Crippen molar-refractivity contribution in [1.82, 2.24) is 4.98 Å². The first-order chi connectivity index (χ1) is 8.10. The molecule has 0 aliphatic rings. The lowest BCUT2D eigenvalue weighted by atomic mass is 10.0. The summed E-state index contributed by atoms with van der Waals surface area (Å²) < 4.78 is 0. The third kappa shape index (κ3) is 3.72. The predicted octanol–water partition coefficient (Wildman–Crippen LogP) is 4.14. The van der Waals surface area contributed by atoms with Gasteiger partial charge in [0.1, 0.15) is 5.82 Å². The van der Waals surface area contributed by atoms with Gasteiger partial charge < -0.3 is 4.90 Å². The van der Waals surface area contributed by atoms with Crippen molar-refractivity contribution in [3.63, 3.8) is 0 Å². The highest BCUT2D eigenvalue weighted by molar-refractivity contribution is 5.49. The summed E-state index contributed by atoms with van der Waals surface area (Å²) in [7, 11) is 0. The van der Waals surface area contributed by atoms with Crippen LogP contribution in [0, 0.1) is 6.92 Å². The molecule has 0 N–H and O–H groups in total. The normalized spacial score (nSPS) is 10.9. The second-order valence-electron chi connectivity index (χ2n) is 5.01. The Kier molecular flexibility index (Phi) is 5.46. The number of aromatic nitrogens is 1. The van der Waals surface area contributed by atoms with Crippen LogP contribution in [0.4, 0.5) is 5.82 Å². The van der Waals surface area contributed by atoms with Crippen molar-refractivity contribution in [2.24, 2.45) is 0 Å². The van der Waals surface area contributed by atoms with Crippen LogP contribution < -0.4 is 4.90 Å². The van der Waals surface area contributed by atoms with E-state index >= 15 is 0 Å². The van der Waals surface area contributed by atoms with Crippen LogP contribution in [0.2, 0.25) is 0 Å². The van der Waals surface area contributed by atoms with E-state index in [0.717, 1.165) is 18.8 Å². The highest BCUT2D eigenvalue weighted by Crippen LogP contribution is 2.26. The van der Waals surface area contributed by atoms with Crippen LogP contribution in [-0.4, -0.2) is 18.1 Å². The van der Waals surface area contributed by atoms with Crippen LogP contribution in [0.25, 0.3) is 0 Å². The summed E-state index contributed by atoms with van der Waals surface area (Å²) in [5, 5.41) is 0. The zero-order valence-electron chi connectivity index (χ0n) is 12.0. The molecule has 1 heterocycles.